The number of hydrogen-bond acceptors (Lipinski definition) is 3. The summed E-state index contributed by atoms with van der Waals surface area (Å²) in [5, 5.41) is 0. The van der Waals surface area contributed by atoms with Gasteiger partial charge in [-0.25, -0.2) is 0 Å². The second-order valence-corrected chi connectivity index (χ2v) is 6.42. The molecule has 2 heterocycles. The van der Waals surface area contributed by atoms with Crippen molar-refractivity contribution in [3.8, 4) is 0 Å². The summed E-state index contributed by atoms with van der Waals surface area (Å²) < 4.78 is 5.41. The third kappa shape index (κ3) is 3.43. The number of rotatable bonds is 3. The van der Waals surface area contributed by atoms with Crippen molar-refractivity contribution in [1.29, 1.82) is 0 Å². The zero-order chi connectivity index (χ0) is 12.4. The second-order valence-electron chi connectivity index (χ2n) is 6.42. The molecule has 100 valence electrons. The maximum absolute atomic E-state index is 6.47. The molecule has 0 unspecified atom stereocenters. The van der Waals surface area contributed by atoms with Crippen LogP contribution in [0, 0.1) is 5.41 Å². The van der Waals surface area contributed by atoms with Crippen LogP contribution in [0.5, 0.6) is 0 Å². The molecule has 17 heavy (non-hydrogen) atoms. The Balaban J connectivity index is 1.81. The van der Waals surface area contributed by atoms with Crippen LogP contribution >= 0.6 is 0 Å². The van der Waals surface area contributed by atoms with Crippen molar-refractivity contribution >= 4 is 0 Å². The van der Waals surface area contributed by atoms with Crippen molar-refractivity contribution in [3.05, 3.63) is 0 Å². The Morgan fingerprint density at radius 1 is 1.12 bits per heavy atom. The van der Waals surface area contributed by atoms with Crippen LogP contribution in [0.2, 0.25) is 0 Å². The number of ether oxygens (including phenoxy) is 1. The molecule has 3 heteroatoms. The van der Waals surface area contributed by atoms with Crippen LogP contribution < -0.4 is 5.73 Å². The quantitative estimate of drug-likeness (QED) is 0.820. The van der Waals surface area contributed by atoms with Gasteiger partial charge in [-0.2, -0.15) is 0 Å². The van der Waals surface area contributed by atoms with E-state index in [1.807, 2.05) is 0 Å². The maximum Gasteiger partial charge on any atom is 0.0484 e. The Labute approximate surface area is 106 Å². The minimum absolute atomic E-state index is 0.0121. The summed E-state index contributed by atoms with van der Waals surface area (Å²) in [5.41, 5.74) is 7.06. The molecule has 2 rings (SSSR count). The van der Waals surface area contributed by atoms with Gasteiger partial charge in [-0.05, 0) is 44.2 Å². The molecule has 0 atom stereocenters. The maximum atomic E-state index is 6.47. The summed E-state index contributed by atoms with van der Waals surface area (Å²) in [4.78, 5) is 2.57. The van der Waals surface area contributed by atoms with Gasteiger partial charge in [0.25, 0.3) is 0 Å². The lowest BCUT2D eigenvalue weighted by Crippen LogP contribution is -2.55. The van der Waals surface area contributed by atoms with E-state index in [9.17, 15) is 0 Å². The zero-order valence-electron chi connectivity index (χ0n) is 11.5. The number of nitrogens with two attached hydrogens (primary N) is 1. The highest BCUT2D eigenvalue weighted by Gasteiger charge is 2.34. The van der Waals surface area contributed by atoms with Gasteiger partial charge in [0, 0.05) is 25.3 Å². The molecule has 0 spiro atoms. The van der Waals surface area contributed by atoms with Crippen LogP contribution in [0.15, 0.2) is 0 Å². The molecule has 0 aromatic heterocycles. The fourth-order valence-corrected chi connectivity index (χ4v) is 2.99. The predicted octanol–water partition coefficient (Wildman–Crippen LogP) is 2.01. The Kier molecular flexibility index (Phi) is 4.11. The average Bonchev–Trinajstić information content (AvgIpc) is 2.33. The van der Waals surface area contributed by atoms with Crippen LogP contribution in [0.1, 0.15) is 46.0 Å². The van der Waals surface area contributed by atoms with Crippen LogP contribution in [0.25, 0.3) is 0 Å². The standard InChI is InChI=1S/C14H28N2O/c1-3-13(2)4-8-16(9-5-13)12-14(15)6-10-17-11-7-14/h3-12,15H2,1-2H3. The molecule has 2 N–H and O–H groups in total. The van der Waals surface area contributed by atoms with E-state index in [0.29, 0.717) is 5.41 Å². The summed E-state index contributed by atoms with van der Waals surface area (Å²) in [7, 11) is 0. The van der Waals surface area contributed by atoms with Crippen LogP contribution in [0.3, 0.4) is 0 Å². The van der Waals surface area contributed by atoms with Crippen molar-refractivity contribution in [2.24, 2.45) is 11.1 Å². The van der Waals surface area contributed by atoms with Crippen LogP contribution in [0.4, 0.5) is 0 Å². The van der Waals surface area contributed by atoms with Gasteiger partial charge < -0.3 is 15.4 Å². The van der Waals surface area contributed by atoms with Gasteiger partial charge in [0.05, 0.1) is 0 Å². The lowest BCUT2D eigenvalue weighted by atomic mass is 9.77. The fourth-order valence-electron chi connectivity index (χ4n) is 2.99. The van der Waals surface area contributed by atoms with E-state index >= 15 is 0 Å². The normalized spacial score (nSPS) is 29.1. The predicted molar refractivity (Wildman–Crippen MR) is 71.0 cm³/mol. The summed E-state index contributed by atoms with van der Waals surface area (Å²) in [5.74, 6) is 0. The SMILES string of the molecule is CCC1(C)CCN(CC2(N)CCOCC2)CC1. The van der Waals surface area contributed by atoms with Gasteiger partial charge in [-0.15, -0.1) is 0 Å². The molecule has 3 nitrogen and oxygen atoms in total. The highest BCUT2D eigenvalue weighted by Crippen LogP contribution is 2.34. The molecule has 0 aromatic carbocycles. The van der Waals surface area contributed by atoms with Gasteiger partial charge in [-0.3, -0.25) is 0 Å². The van der Waals surface area contributed by atoms with E-state index in [-0.39, 0.29) is 5.54 Å². The molecule has 2 fully saturated rings. The molecule has 2 aliphatic heterocycles. The molecule has 0 aromatic rings. The number of nitrogens with zero attached hydrogens (tertiary/aromatic N) is 1. The van der Waals surface area contributed by atoms with Crippen molar-refractivity contribution in [3.63, 3.8) is 0 Å². The highest BCUT2D eigenvalue weighted by molar-refractivity contribution is 4.92. The van der Waals surface area contributed by atoms with Gasteiger partial charge in [0.2, 0.25) is 0 Å². The van der Waals surface area contributed by atoms with Crippen molar-refractivity contribution in [2.45, 2.75) is 51.5 Å². The summed E-state index contributed by atoms with van der Waals surface area (Å²) in [6.45, 7) is 9.95. The topological polar surface area (TPSA) is 38.5 Å². The Morgan fingerprint density at radius 2 is 1.71 bits per heavy atom. The third-order valence-electron chi connectivity index (χ3n) is 4.94. The summed E-state index contributed by atoms with van der Waals surface area (Å²) in [6.07, 6.45) is 6.01. The lowest BCUT2D eigenvalue weighted by Gasteiger charge is -2.43. The zero-order valence-corrected chi connectivity index (χ0v) is 11.5. The largest absolute Gasteiger partial charge is 0.381 e. The van der Waals surface area contributed by atoms with Crippen molar-refractivity contribution < 1.29 is 4.74 Å². The van der Waals surface area contributed by atoms with E-state index in [4.69, 9.17) is 10.5 Å². The lowest BCUT2D eigenvalue weighted by molar-refractivity contribution is 0.0247. The van der Waals surface area contributed by atoms with Gasteiger partial charge in [0.15, 0.2) is 0 Å². The molecule has 0 saturated carbocycles. The summed E-state index contributed by atoms with van der Waals surface area (Å²) in [6, 6.07) is 0. The first-order valence-corrected chi connectivity index (χ1v) is 7.14. The number of likely N-dealkylation sites (tertiary alicyclic amines) is 1. The smallest absolute Gasteiger partial charge is 0.0484 e. The average molecular weight is 240 g/mol. The van der Waals surface area contributed by atoms with E-state index in [2.05, 4.69) is 18.7 Å². The number of piperidine rings is 1. The fraction of sp³-hybridized carbons (Fsp3) is 1.00. The monoisotopic (exact) mass is 240 g/mol. The van der Waals surface area contributed by atoms with Gasteiger partial charge in [-0.1, -0.05) is 20.3 Å². The molecule has 0 bridgehead atoms. The van der Waals surface area contributed by atoms with Crippen LogP contribution in [-0.2, 0) is 4.74 Å². The number of hydrogen-bond donors (Lipinski definition) is 1. The minimum atomic E-state index is 0.0121. The van der Waals surface area contributed by atoms with Gasteiger partial charge >= 0.3 is 0 Å². The minimum Gasteiger partial charge on any atom is -0.381 e. The van der Waals surface area contributed by atoms with Crippen molar-refractivity contribution in [1.82, 2.24) is 4.90 Å². The molecule has 0 aliphatic carbocycles. The first-order chi connectivity index (χ1) is 8.05. The second kappa shape index (κ2) is 5.25. The molecule has 2 aliphatic rings. The Hall–Kier alpha value is -0.120. The molecule has 0 radical (unpaired) electrons. The van der Waals surface area contributed by atoms with Crippen molar-refractivity contribution in [2.75, 3.05) is 32.8 Å². The Bertz CT molecular complexity index is 241. The van der Waals surface area contributed by atoms with E-state index in [1.54, 1.807) is 0 Å². The Morgan fingerprint density at radius 3 is 2.24 bits per heavy atom. The van der Waals surface area contributed by atoms with E-state index in [1.165, 1.54) is 32.4 Å². The molecule has 0 amide bonds. The molecule has 2 saturated heterocycles. The molecular formula is C14H28N2O. The highest BCUT2D eigenvalue weighted by atomic mass is 16.5. The molecular weight excluding hydrogens is 212 g/mol. The van der Waals surface area contributed by atoms with E-state index < -0.39 is 0 Å². The van der Waals surface area contributed by atoms with Gasteiger partial charge in [0.1, 0.15) is 0 Å². The van der Waals surface area contributed by atoms with Crippen LogP contribution in [-0.4, -0.2) is 43.3 Å². The first kappa shape index (κ1) is 13.3. The van der Waals surface area contributed by atoms with E-state index in [0.717, 1.165) is 32.6 Å². The summed E-state index contributed by atoms with van der Waals surface area (Å²) >= 11 is 0. The third-order valence-corrected chi connectivity index (χ3v) is 4.94. The first-order valence-electron chi connectivity index (χ1n) is 7.14.